The summed E-state index contributed by atoms with van der Waals surface area (Å²) in [4.78, 5) is 16.2. The average Bonchev–Trinajstić information content (AvgIpc) is 3.09. The fourth-order valence-electron chi connectivity index (χ4n) is 2.66. The zero-order chi connectivity index (χ0) is 16.9. The van der Waals surface area contributed by atoms with Gasteiger partial charge in [-0.2, -0.15) is 0 Å². The zero-order valence-corrected chi connectivity index (χ0v) is 14.7. The van der Waals surface area contributed by atoms with Crippen molar-refractivity contribution in [3.05, 3.63) is 64.7 Å². The number of carbonyl (C=O) groups excluding carboxylic acids is 1. The number of rotatable bonds is 6. The Balaban J connectivity index is 1.58. The summed E-state index contributed by atoms with van der Waals surface area (Å²) >= 11 is 1.72. The standard InChI is InChI=1S/C19H21N3OS/c1-13(16-11-18-17(22-12-16)7-9-24-18)21-8-6-14-4-3-5-15(10-14)19(23)20-2/h3-5,7,9-13,21H,6,8H2,1-2H3,(H,20,23)/t13-/m0/s1. The summed E-state index contributed by atoms with van der Waals surface area (Å²) in [6, 6.07) is 12.3. The molecule has 0 bridgehead atoms. The molecule has 1 amide bonds. The molecule has 2 N–H and O–H groups in total. The molecular weight excluding hydrogens is 318 g/mol. The molecule has 0 fully saturated rings. The first kappa shape index (κ1) is 16.6. The molecule has 0 saturated carbocycles. The number of aromatic nitrogens is 1. The predicted octanol–water partition coefficient (Wildman–Crippen LogP) is 3.55. The number of fused-ring (bicyclic) bond motifs is 1. The van der Waals surface area contributed by atoms with Crippen molar-refractivity contribution in [3.63, 3.8) is 0 Å². The van der Waals surface area contributed by atoms with Crippen LogP contribution in [0.25, 0.3) is 10.2 Å². The number of benzene rings is 1. The smallest absolute Gasteiger partial charge is 0.251 e. The molecule has 1 atom stereocenters. The summed E-state index contributed by atoms with van der Waals surface area (Å²) in [6.45, 7) is 3.00. The van der Waals surface area contributed by atoms with Crippen LogP contribution < -0.4 is 10.6 Å². The number of amides is 1. The molecule has 3 aromatic rings. The minimum atomic E-state index is -0.0477. The maximum Gasteiger partial charge on any atom is 0.251 e. The monoisotopic (exact) mass is 339 g/mol. The molecule has 4 nitrogen and oxygen atoms in total. The number of carbonyl (C=O) groups is 1. The summed E-state index contributed by atoms with van der Waals surface area (Å²) in [5, 5.41) is 8.26. The minimum Gasteiger partial charge on any atom is -0.355 e. The normalized spacial score (nSPS) is 12.2. The largest absolute Gasteiger partial charge is 0.355 e. The maximum atomic E-state index is 11.7. The van der Waals surface area contributed by atoms with Crippen LogP contribution in [0.15, 0.2) is 48.0 Å². The number of nitrogens with zero attached hydrogens (tertiary/aromatic N) is 1. The first-order valence-electron chi connectivity index (χ1n) is 8.05. The average molecular weight is 339 g/mol. The third-order valence-corrected chi connectivity index (χ3v) is 4.96. The van der Waals surface area contributed by atoms with Crippen LogP contribution in [0.1, 0.15) is 34.5 Å². The van der Waals surface area contributed by atoms with Crippen molar-refractivity contribution in [1.29, 1.82) is 0 Å². The Morgan fingerprint density at radius 1 is 1.29 bits per heavy atom. The number of hydrogen-bond acceptors (Lipinski definition) is 4. The summed E-state index contributed by atoms with van der Waals surface area (Å²) in [6.07, 6.45) is 2.82. The second kappa shape index (κ2) is 7.55. The summed E-state index contributed by atoms with van der Waals surface area (Å²) in [5.41, 5.74) is 4.11. The van der Waals surface area contributed by atoms with E-state index in [4.69, 9.17) is 0 Å². The SMILES string of the molecule is CNC(=O)c1cccc(CCN[C@@H](C)c2cnc3ccsc3c2)c1. The van der Waals surface area contributed by atoms with Crippen LogP contribution in [0.3, 0.4) is 0 Å². The highest BCUT2D eigenvalue weighted by Crippen LogP contribution is 2.22. The first-order valence-corrected chi connectivity index (χ1v) is 8.93. The Hall–Kier alpha value is -2.24. The van der Waals surface area contributed by atoms with Gasteiger partial charge in [-0.25, -0.2) is 0 Å². The van der Waals surface area contributed by atoms with Crippen LogP contribution in [0.5, 0.6) is 0 Å². The lowest BCUT2D eigenvalue weighted by atomic mass is 10.1. The number of pyridine rings is 1. The lowest BCUT2D eigenvalue weighted by Gasteiger charge is -2.14. The van der Waals surface area contributed by atoms with Gasteiger partial charge in [0, 0.05) is 24.8 Å². The van der Waals surface area contributed by atoms with E-state index in [1.165, 1.54) is 10.3 Å². The fourth-order valence-corrected chi connectivity index (χ4v) is 3.45. The molecule has 0 unspecified atom stereocenters. The maximum absolute atomic E-state index is 11.7. The molecule has 2 aromatic heterocycles. The van der Waals surface area contributed by atoms with Gasteiger partial charge in [-0.1, -0.05) is 12.1 Å². The van der Waals surface area contributed by atoms with E-state index in [-0.39, 0.29) is 11.9 Å². The van der Waals surface area contributed by atoms with E-state index in [0.29, 0.717) is 5.56 Å². The fraction of sp³-hybridized carbons (Fsp3) is 0.263. The highest BCUT2D eigenvalue weighted by atomic mass is 32.1. The first-order chi connectivity index (χ1) is 11.7. The van der Waals surface area contributed by atoms with Gasteiger partial charge in [0.05, 0.1) is 10.2 Å². The molecule has 1 aromatic carbocycles. The third-order valence-electron chi connectivity index (χ3n) is 4.10. The van der Waals surface area contributed by atoms with E-state index in [1.54, 1.807) is 18.4 Å². The summed E-state index contributed by atoms with van der Waals surface area (Å²) in [5.74, 6) is -0.0477. The van der Waals surface area contributed by atoms with E-state index in [9.17, 15) is 4.79 Å². The van der Waals surface area contributed by atoms with Crippen LogP contribution in [0.2, 0.25) is 0 Å². The Labute approximate surface area is 145 Å². The minimum absolute atomic E-state index is 0.0477. The van der Waals surface area contributed by atoms with Crippen LogP contribution in [-0.2, 0) is 6.42 Å². The van der Waals surface area contributed by atoms with Crippen LogP contribution in [-0.4, -0.2) is 24.5 Å². The molecule has 5 heteroatoms. The van der Waals surface area contributed by atoms with Crippen molar-refractivity contribution >= 4 is 27.5 Å². The van der Waals surface area contributed by atoms with Crippen molar-refractivity contribution in [3.8, 4) is 0 Å². The van der Waals surface area contributed by atoms with Crippen molar-refractivity contribution in [2.75, 3.05) is 13.6 Å². The quantitative estimate of drug-likeness (QED) is 0.722. The third kappa shape index (κ3) is 3.80. The highest BCUT2D eigenvalue weighted by molar-refractivity contribution is 7.17. The van der Waals surface area contributed by atoms with Gasteiger partial charge in [0.2, 0.25) is 0 Å². The molecule has 3 rings (SSSR count). The highest BCUT2D eigenvalue weighted by Gasteiger charge is 2.08. The van der Waals surface area contributed by atoms with E-state index >= 15 is 0 Å². The van der Waals surface area contributed by atoms with E-state index in [0.717, 1.165) is 24.0 Å². The van der Waals surface area contributed by atoms with Gasteiger partial charge in [0.15, 0.2) is 0 Å². The van der Waals surface area contributed by atoms with Crippen molar-refractivity contribution < 1.29 is 4.79 Å². The molecule has 24 heavy (non-hydrogen) atoms. The molecule has 0 saturated heterocycles. The zero-order valence-electron chi connectivity index (χ0n) is 13.9. The van der Waals surface area contributed by atoms with Crippen molar-refractivity contribution in [2.45, 2.75) is 19.4 Å². The Morgan fingerprint density at radius 3 is 3.00 bits per heavy atom. The lowest BCUT2D eigenvalue weighted by Crippen LogP contribution is -2.22. The molecule has 2 heterocycles. The van der Waals surface area contributed by atoms with Crippen LogP contribution in [0, 0.1) is 0 Å². The van der Waals surface area contributed by atoms with Gasteiger partial charge >= 0.3 is 0 Å². The van der Waals surface area contributed by atoms with Crippen molar-refractivity contribution in [1.82, 2.24) is 15.6 Å². The van der Waals surface area contributed by atoms with Crippen LogP contribution >= 0.6 is 11.3 Å². The molecule has 0 spiro atoms. The van der Waals surface area contributed by atoms with E-state index < -0.39 is 0 Å². The van der Waals surface area contributed by atoms with Gasteiger partial charge in [0.1, 0.15) is 0 Å². The van der Waals surface area contributed by atoms with E-state index in [2.05, 4.69) is 40.1 Å². The van der Waals surface area contributed by atoms with Gasteiger partial charge in [-0.15, -0.1) is 11.3 Å². The predicted molar refractivity (Wildman–Crippen MR) is 99.6 cm³/mol. The van der Waals surface area contributed by atoms with E-state index in [1.807, 2.05) is 30.5 Å². The Kier molecular flexibility index (Phi) is 5.23. The molecule has 124 valence electrons. The second-order valence-electron chi connectivity index (χ2n) is 5.78. The molecule has 0 aliphatic carbocycles. The molecular formula is C19H21N3OS. The van der Waals surface area contributed by atoms with Crippen molar-refractivity contribution in [2.24, 2.45) is 0 Å². The molecule has 0 aliphatic rings. The molecule has 0 aliphatic heterocycles. The van der Waals surface area contributed by atoms with Gasteiger partial charge in [-0.05, 0) is 60.7 Å². The summed E-state index contributed by atoms with van der Waals surface area (Å²) < 4.78 is 1.22. The number of thiophene rings is 1. The Bertz CT molecular complexity index is 843. The van der Waals surface area contributed by atoms with Gasteiger partial charge in [0.25, 0.3) is 5.91 Å². The second-order valence-corrected chi connectivity index (χ2v) is 6.73. The topological polar surface area (TPSA) is 54.0 Å². The summed E-state index contributed by atoms with van der Waals surface area (Å²) in [7, 11) is 1.65. The number of hydrogen-bond donors (Lipinski definition) is 2. The van der Waals surface area contributed by atoms with Crippen LogP contribution in [0.4, 0.5) is 0 Å². The van der Waals surface area contributed by atoms with Gasteiger partial charge < -0.3 is 10.6 Å². The van der Waals surface area contributed by atoms with Gasteiger partial charge in [-0.3, -0.25) is 9.78 Å². The number of nitrogens with one attached hydrogen (secondary N) is 2. The molecule has 0 radical (unpaired) electrons. The Morgan fingerprint density at radius 2 is 2.17 bits per heavy atom. The lowest BCUT2D eigenvalue weighted by molar-refractivity contribution is 0.0963.